The van der Waals surface area contributed by atoms with Crippen LogP contribution in [0.4, 0.5) is 0 Å². The van der Waals surface area contributed by atoms with E-state index >= 15 is 0 Å². The monoisotopic (exact) mass is 237 g/mol. The molecule has 1 heterocycles. The highest BCUT2D eigenvalue weighted by Gasteiger charge is 2.38. The predicted octanol–water partition coefficient (Wildman–Crippen LogP) is 2.63. The molecule has 0 radical (unpaired) electrons. The molecule has 2 atom stereocenters. The van der Waals surface area contributed by atoms with Crippen LogP contribution in [0.3, 0.4) is 0 Å². The normalized spacial score (nSPS) is 30.1. The van der Waals surface area contributed by atoms with E-state index in [1.807, 2.05) is 0 Å². The third kappa shape index (κ3) is 2.17. The van der Waals surface area contributed by atoms with Crippen molar-refractivity contribution in [3.05, 3.63) is 22.4 Å². The largest absolute Gasteiger partial charge is 0.391 e. The molecule has 0 saturated heterocycles. The lowest BCUT2D eigenvalue weighted by Crippen LogP contribution is -2.41. The molecule has 2 aliphatic carbocycles. The fourth-order valence-electron chi connectivity index (χ4n) is 2.82. The molecule has 3 rings (SSSR count). The molecule has 0 amide bonds. The van der Waals surface area contributed by atoms with Gasteiger partial charge in [0.15, 0.2) is 0 Å². The standard InChI is InChI=1S/C13H19NOS/c15-13-3-1-2-12(13)14(11-4-5-11)8-10-6-7-16-9-10/h6-7,9,11-13,15H,1-5,8H2. The van der Waals surface area contributed by atoms with Gasteiger partial charge in [-0.05, 0) is 54.5 Å². The summed E-state index contributed by atoms with van der Waals surface area (Å²) in [7, 11) is 0. The summed E-state index contributed by atoms with van der Waals surface area (Å²) in [6.45, 7) is 1.04. The maximum atomic E-state index is 10.0. The summed E-state index contributed by atoms with van der Waals surface area (Å²) in [6.07, 6.45) is 5.94. The second kappa shape index (κ2) is 4.47. The van der Waals surface area contributed by atoms with Crippen molar-refractivity contribution in [2.75, 3.05) is 0 Å². The molecule has 3 heteroatoms. The van der Waals surface area contributed by atoms with E-state index in [2.05, 4.69) is 21.7 Å². The molecule has 1 N–H and O–H groups in total. The van der Waals surface area contributed by atoms with E-state index in [4.69, 9.17) is 0 Å². The average Bonchev–Trinajstić information content (AvgIpc) is 2.82. The van der Waals surface area contributed by atoms with Crippen molar-refractivity contribution >= 4 is 11.3 Å². The molecule has 0 aromatic carbocycles. The molecule has 16 heavy (non-hydrogen) atoms. The molecule has 2 fully saturated rings. The minimum atomic E-state index is -0.0840. The summed E-state index contributed by atoms with van der Waals surface area (Å²) >= 11 is 1.77. The number of hydrogen-bond donors (Lipinski definition) is 1. The Morgan fingerprint density at radius 3 is 2.75 bits per heavy atom. The minimum absolute atomic E-state index is 0.0840. The number of rotatable bonds is 4. The third-order valence-corrected chi connectivity index (χ3v) is 4.56. The summed E-state index contributed by atoms with van der Waals surface area (Å²) in [5.74, 6) is 0. The van der Waals surface area contributed by atoms with Crippen LogP contribution in [-0.2, 0) is 6.54 Å². The van der Waals surface area contributed by atoms with Crippen LogP contribution in [0.5, 0.6) is 0 Å². The smallest absolute Gasteiger partial charge is 0.0695 e. The van der Waals surface area contributed by atoms with Gasteiger partial charge in [-0.3, -0.25) is 4.90 Å². The highest BCUT2D eigenvalue weighted by Crippen LogP contribution is 2.35. The summed E-state index contributed by atoms with van der Waals surface area (Å²) in [5.41, 5.74) is 1.41. The van der Waals surface area contributed by atoms with Gasteiger partial charge in [0.05, 0.1) is 6.10 Å². The molecule has 2 aliphatic rings. The van der Waals surface area contributed by atoms with Crippen LogP contribution < -0.4 is 0 Å². The number of hydrogen-bond acceptors (Lipinski definition) is 3. The Bertz CT molecular complexity index is 334. The van der Waals surface area contributed by atoms with Crippen LogP contribution in [0.1, 0.15) is 37.7 Å². The van der Waals surface area contributed by atoms with Crippen molar-refractivity contribution in [3.63, 3.8) is 0 Å². The summed E-state index contributed by atoms with van der Waals surface area (Å²) in [5, 5.41) is 14.4. The van der Waals surface area contributed by atoms with Crippen molar-refractivity contribution < 1.29 is 5.11 Å². The molecule has 2 unspecified atom stereocenters. The Morgan fingerprint density at radius 1 is 1.31 bits per heavy atom. The van der Waals surface area contributed by atoms with Gasteiger partial charge in [-0.1, -0.05) is 0 Å². The first-order valence-electron chi connectivity index (χ1n) is 6.29. The highest BCUT2D eigenvalue weighted by atomic mass is 32.1. The van der Waals surface area contributed by atoms with E-state index < -0.39 is 0 Å². The highest BCUT2D eigenvalue weighted by molar-refractivity contribution is 7.07. The molecule has 0 aliphatic heterocycles. The first kappa shape index (κ1) is 10.8. The Morgan fingerprint density at radius 2 is 2.19 bits per heavy atom. The number of thiophene rings is 1. The average molecular weight is 237 g/mol. The molecule has 0 spiro atoms. The first-order valence-corrected chi connectivity index (χ1v) is 7.24. The minimum Gasteiger partial charge on any atom is -0.391 e. The van der Waals surface area contributed by atoms with Crippen LogP contribution in [-0.4, -0.2) is 28.2 Å². The van der Waals surface area contributed by atoms with Gasteiger partial charge >= 0.3 is 0 Å². The molecule has 88 valence electrons. The van der Waals surface area contributed by atoms with Gasteiger partial charge in [-0.15, -0.1) is 0 Å². The maximum absolute atomic E-state index is 10.0. The second-order valence-corrected chi connectivity index (χ2v) is 5.88. The number of nitrogens with zero attached hydrogens (tertiary/aromatic N) is 1. The fraction of sp³-hybridized carbons (Fsp3) is 0.692. The zero-order chi connectivity index (χ0) is 11.0. The van der Waals surface area contributed by atoms with Crippen molar-refractivity contribution in [1.29, 1.82) is 0 Å². The van der Waals surface area contributed by atoms with Crippen LogP contribution in [0.25, 0.3) is 0 Å². The Kier molecular flexibility index (Phi) is 3.01. The Hall–Kier alpha value is -0.380. The van der Waals surface area contributed by atoms with E-state index in [1.165, 1.54) is 31.2 Å². The maximum Gasteiger partial charge on any atom is 0.0695 e. The number of aliphatic hydroxyl groups excluding tert-OH is 1. The van der Waals surface area contributed by atoms with Gasteiger partial charge in [0, 0.05) is 18.6 Å². The van der Waals surface area contributed by atoms with E-state index in [0.29, 0.717) is 6.04 Å². The zero-order valence-electron chi connectivity index (χ0n) is 9.51. The van der Waals surface area contributed by atoms with E-state index in [-0.39, 0.29) is 6.10 Å². The van der Waals surface area contributed by atoms with Crippen molar-refractivity contribution in [2.45, 2.75) is 56.8 Å². The van der Waals surface area contributed by atoms with Crippen molar-refractivity contribution in [1.82, 2.24) is 4.90 Å². The predicted molar refractivity (Wildman–Crippen MR) is 66.5 cm³/mol. The number of aliphatic hydroxyl groups is 1. The van der Waals surface area contributed by atoms with Crippen molar-refractivity contribution in [2.24, 2.45) is 0 Å². The van der Waals surface area contributed by atoms with Crippen molar-refractivity contribution in [3.8, 4) is 0 Å². The summed E-state index contributed by atoms with van der Waals surface area (Å²) in [6, 6.07) is 3.38. The molecule has 1 aromatic rings. The quantitative estimate of drug-likeness (QED) is 0.870. The topological polar surface area (TPSA) is 23.5 Å². The van der Waals surface area contributed by atoms with Crippen LogP contribution in [0.2, 0.25) is 0 Å². The molecular formula is C13H19NOS. The summed E-state index contributed by atoms with van der Waals surface area (Å²) in [4.78, 5) is 2.56. The van der Waals surface area contributed by atoms with Crippen LogP contribution in [0, 0.1) is 0 Å². The van der Waals surface area contributed by atoms with Gasteiger partial charge in [0.1, 0.15) is 0 Å². The second-order valence-electron chi connectivity index (χ2n) is 5.10. The SMILES string of the molecule is OC1CCCC1N(Cc1ccsc1)C1CC1. The lowest BCUT2D eigenvalue weighted by Gasteiger charge is -2.30. The first-order chi connectivity index (χ1) is 7.84. The molecule has 2 saturated carbocycles. The molecular weight excluding hydrogens is 218 g/mol. The fourth-order valence-corrected chi connectivity index (χ4v) is 3.48. The Labute approximate surface area is 101 Å². The van der Waals surface area contributed by atoms with Crippen LogP contribution >= 0.6 is 11.3 Å². The third-order valence-electron chi connectivity index (χ3n) is 3.83. The van der Waals surface area contributed by atoms with Gasteiger partial charge in [-0.25, -0.2) is 0 Å². The van der Waals surface area contributed by atoms with Gasteiger partial charge in [0.2, 0.25) is 0 Å². The van der Waals surface area contributed by atoms with Gasteiger partial charge < -0.3 is 5.11 Å². The zero-order valence-corrected chi connectivity index (χ0v) is 10.3. The van der Waals surface area contributed by atoms with E-state index in [1.54, 1.807) is 11.3 Å². The van der Waals surface area contributed by atoms with Gasteiger partial charge in [0.25, 0.3) is 0 Å². The molecule has 1 aromatic heterocycles. The summed E-state index contributed by atoms with van der Waals surface area (Å²) < 4.78 is 0. The van der Waals surface area contributed by atoms with E-state index in [9.17, 15) is 5.11 Å². The Balaban J connectivity index is 1.71. The van der Waals surface area contributed by atoms with E-state index in [0.717, 1.165) is 19.0 Å². The van der Waals surface area contributed by atoms with Crippen LogP contribution in [0.15, 0.2) is 16.8 Å². The lowest BCUT2D eigenvalue weighted by molar-refractivity contribution is 0.0606. The molecule has 2 nitrogen and oxygen atoms in total. The molecule has 0 bridgehead atoms. The lowest BCUT2D eigenvalue weighted by atomic mass is 10.1. The van der Waals surface area contributed by atoms with Gasteiger partial charge in [-0.2, -0.15) is 11.3 Å².